The van der Waals surface area contributed by atoms with Crippen LogP contribution in [0.1, 0.15) is 38.7 Å². The molecule has 4 aliphatic rings. The van der Waals surface area contributed by atoms with Crippen molar-refractivity contribution in [3.63, 3.8) is 0 Å². The van der Waals surface area contributed by atoms with Crippen molar-refractivity contribution in [3.8, 4) is 0 Å². The molecule has 35 heavy (non-hydrogen) atoms. The number of carbonyl (C=O) groups excluding carboxylic acids is 3. The lowest BCUT2D eigenvalue weighted by atomic mass is 9.67. The molecule has 5 rings (SSSR count). The van der Waals surface area contributed by atoms with Gasteiger partial charge in [0, 0.05) is 7.11 Å². The van der Waals surface area contributed by atoms with E-state index in [1.54, 1.807) is 0 Å². The van der Waals surface area contributed by atoms with Crippen molar-refractivity contribution in [3.05, 3.63) is 35.9 Å². The first kappa shape index (κ1) is 24.2. The molecule has 0 unspecified atom stereocenters. The van der Waals surface area contributed by atoms with Crippen LogP contribution in [0.15, 0.2) is 30.3 Å². The van der Waals surface area contributed by atoms with Gasteiger partial charge in [0.15, 0.2) is 12.3 Å². The number of benzene rings is 1. The smallest absolute Gasteiger partial charge is 0.419 e. The van der Waals surface area contributed by atoms with E-state index in [0.29, 0.717) is 12.3 Å². The molecular weight excluding hydrogens is 454 g/mol. The van der Waals surface area contributed by atoms with Crippen molar-refractivity contribution in [1.29, 1.82) is 0 Å². The van der Waals surface area contributed by atoms with Gasteiger partial charge in [-0.1, -0.05) is 44.2 Å². The first-order valence-electron chi connectivity index (χ1n) is 12.3. The number of hydrogen-bond donors (Lipinski definition) is 0. The maximum absolute atomic E-state index is 14.2. The van der Waals surface area contributed by atoms with E-state index in [9.17, 15) is 14.4 Å². The van der Waals surface area contributed by atoms with Crippen LogP contribution in [-0.4, -0.2) is 68.2 Å². The molecule has 2 aliphatic heterocycles. The molecule has 4 bridgehead atoms. The predicted molar refractivity (Wildman–Crippen MR) is 122 cm³/mol. The highest BCUT2D eigenvalue weighted by molar-refractivity contribution is 5.98. The zero-order valence-electron chi connectivity index (χ0n) is 20.4. The Bertz CT molecular complexity index is 981. The molecule has 2 aliphatic carbocycles. The molecule has 2 heterocycles. The minimum Gasteiger partial charge on any atom is -0.463 e. The Morgan fingerprint density at radius 1 is 1.11 bits per heavy atom. The fraction of sp³-hybridized carbons (Fsp3) is 0.654. The summed E-state index contributed by atoms with van der Waals surface area (Å²) in [5.41, 5.74) is -0.287. The van der Waals surface area contributed by atoms with Crippen molar-refractivity contribution in [2.24, 2.45) is 22.7 Å². The van der Waals surface area contributed by atoms with E-state index in [4.69, 9.17) is 23.7 Å². The maximum Gasteiger partial charge on any atom is 0.419 e. The van der Waals surface area contributed by atoms with Crippen LogP contribution in [0.25, 0.3) is 0 Å². The van der Waals surface area contributed by atoms with Crippen molar-refractivity contribution < 1.29 is 38.1 Å². The first-order valence-corrected chi connectivity index (χ1v) is 12.3. The summed E-state index contributed by atoms with van der Waals surface area (Å²) in [4.78, 5) is 41.4. The number of amides is 2. The number of cyclic esters (lactones) is 1. The van der Waals surface area contributed by atoms with Crippen molar-refractivity contribution in [2.75, 3.05) is 26.9 Å². The number of methoxy groups -OCH3 is 1. The van der Waals surface area contributed by atoms with E-state index < -0.39 is 35.7 Å². The van der Waals surface area contributed by atoms with Gasteiger partial charge >= 0.3 is 12.1 Å². The van der Waals surface area contributed by atoms with Gasteiger partial charge in [-0.25, -0.2) is 9.69 Å². The number of imide groups is 1. The average Bonchev–Trinajstić information content (AvgIpc) is 3.39. The Hall–Kier alpha value is -2.49. The number of rotatable bonds is 5. The molecule has 9 heteroatoms. The first-order chi connectivity index (χ1) is 16.8. The molecule has 1 aromatic rings. The van der Waals surface area contributed by atoms with E-state index in [1.165, 1.54) is 7.11 Å². The molecule has 0 N–H and O–H groups in total. The van der Waals surface area contributed by atoms with Gasteiger partial charge in [0.25, 0.3) is 0 Å². The fourth-order valence-corrected chi connectivity index (χ4v) is 6.66. The molecule has 9 nitrogen and oxygen atoms in total. The third-order valence-electron chi connectivity index (χ3n) is 8.67. The summed E-state index contributed by atoms with van der Waals surface area (Å²) in [5, 5.41) is 0. The van der Waals surface area contributed by atoms with Crippen LogP contribution in [0.4, 0.5) is 4.79 Å². The molecular formula is C26H33NO8. The Balaban J connectivity index is 1.44. The van der Waals surface area contributed by atoms with Gasteiger partial charge < -0.3 is 23.7 Å². The summed E-state index contributed by atoms with van der Waals surface area (Å²) >= 11 is 0. The second kappa shape index (κ2) is 9.19. The highest BCUT2D eigenvalue weighted by atomic mass is 16.6. The number of ether oxygens (including phenoxy) is 5. The van der Waals surface area contributed by atoms with Gasteiger partial charge in [-0.05, 0) is 36.2 Å². The van der Waals surface area contributed by atoms with Crippen LogP contribution < -0.4 is 0 Å². The van der Waals surface area contributed by atoms with Gasteiger partial charge in [-0.2, -0.15) is 0 Å². The molecule has 0 radical (unpaired) electrons. The molecule has 2 saturated heterocycles. The third-order valence-corrected chi connectivity index (χ3v) is 8.67. The lowest BCUT2D eigenvalue weighted by Gasteiger charge is -2.43. The third kappa shape index (κ3) is 3.75. The molecule has 2 amide bonds. The number of fused-ring (bicyclic) bond motifs is 3. The zero-order valence-corrected chi connectivity index (χ0v) is 20.4. The van der Waals surface area contributed by atoms with Crippen LogP contribution in [0.2, 0.25) is 0 Å². The van der Waals surface area contributed by atoms with E-state index >= 15 is 0 Å². The summed E-state index contributed by atoms with van der Waals surface area (Å²) < 4.78 is 28.8. The summed E-state index contributed by atoms with van der Waals surface area (Å²) in [5.74, 6) is -1.59. The second-order valence-electron chi connectivity index (χ2n) is 10.4. The van der Waals surface area contributed by atoms with Crippen molar-refractivity contribution in [1.82, 2.24) is 4.90 Å². The highest BCUT2D eigenvalue weighted by Crippen LogP contribution is 2.67. The number of hydrogen-bond acceptors (Lipinski definition) is 8. The van der Waals surface area contributed by atoms with Crippen LogP contribution in [0.5, 0.6) is 0 Å². The van der Waals surface area contributed by atoms with Gasteiger partial charge in [-0.3, -0.25) is 9.59 Å². The molecule has 1 spiro atoms. The van der Waals surface area contributed by atoms with Gasteiger partial charge in [0.05, 0.1) is 31.3 Å². The van der Waals surface area contributed by atoms with Gasteiger partial charge in [0.2, 0.25) is 5.91 Å². The SMILES string of the molecule is CO[C@@H]1[C@@H]2OC(=O)N1C(=O)[C@@]13CC[C@@H](C[C@@H]1OCCOC(=O)[C@@H]2COCc1ccccc1)C3(C)C. The number of carbonyl (C=O) groups is 3. The highest BCUT2D eigenvalue weighted by Gasteiger charge is 2.71. The van der Waals surface area contributed by atoms with Gasteiger partial charge in [0.1, 0.15) is 12.5 Å². The largest absolute Gasteiger partial charge is 0.463 e. The van der Waals surface area contributed by atoms with Crippen molar-refractivity contribution in [2.45, 2.75) is 58.2 Å². The zero-order chi connectivity index (χ0) is 24.8. The lowest BCUT2D eigenvalue weighted by Crippen LogP contribution is -2.57. The number of esters is 1. The van der Waals surface area contributed by atoms with E-state index in [2.05, 4.69) is 13.8 Å². The fourth-order valence-electron chi connectivity index (χ4n) is 6.66. The van der Waals surface area contributed by atoms with Crippen LogP contribution in [0.3, 0.4) is 0 Å². The Labute approximate surface area is 205 Å². The molecule has 0 aromatic heterocycles. The molecule has 190 valence electrons. The summed E-state index contributed by atoms with van der Waals surface area (Å²) in [6, 6.07) is 9.54. The number of nitrogens with zero attached hydrogens (tertiary/aromatic N) is 1. The summed E-state index contributed by atoms with van der Waals surface area (Å²) in [6.45, 7) is 4.60. The normalized spacial score (nSPS) is 36.3. The van der Waals surface area contributed by atoms with Crippen LogP contribution >= 0.6 is 0 Å². The van der Waals surface area contributed by atoms with Crippen LogP contribution in [0, 0.1) is 22.7 Å². The van der Waals surface area contributed by atoms with E-state index in [1.807, 2.05) is 30.3 Å². The lowest BCUT2D eigenvalue weighted by molar-refractivity contribution is -0.176. The molecule has 2 saturated carbocycles. The minimum absolute atomic E-state index is 0.0436. The summed E-state index contributed by atoms with van der Waals surface area (Å²) in [7, 11) is 1.40. The minimum atomic E-state index is -1.07. The quantitative estimate of drug-likeness (QED) is 0.585. The van der Waals surface area contributed by atoms with Gasteiger partial charge in [-0.15, -0.1) is 0 Å². The standard InChI is InChI=1S/C26H33NO8/c1-25(2)17-9-10-26(25)19(13-17)33-11-12-34-22(28)18(15-32-14-16-7-5-4-6-8-16)20-21(31-3)27(23(26)29)24(30)35-20/h4-8,17-21H,9-15H2,1-3H3/t17-,18+,19-,20+,21+,26+/m0/s1. The molecule has 1 aromatic carbocycles. The second-order valence-corrected chi connectivity index (χ2v) is 10.4. The van der Waals surface area contributed by atoms with Crippen molar-refractivity contribution >= 4 is 18.0 Å². The van der Waals surface area contributed by atoms with Crippen LogP contribution in [-0.2, 0) is 39.9 Å². The average molecular weight is 488 g/mol. The Morgan fingerprint density at radius 3 is 2.60 bits per heavy atom. The summed E-state index contributed by atoms with van der Waals surface area (Å²) in [6.07, 6.45) is -1.04. The Morgan fingerprint density at radius 2 is 1.89 bits per heavy atom. The monoisotopic (exact) mass is 487 g/mol. The molecule has 6 atom stereocenters. The molecule has 4 fully saturated rings. The Kier molecular flexibility index (Phi) is 6.35. The maximum atomic E-state index is 14.2. The predicted octanol–water partition coefficient (Wildman–Crippen LogP) is 2.91. The topological polar surface area (TPSA) is 101 Å². The van der Waals surface area contributed by atoms with E-state index in [0.717, 1.165) is 23.3 Å². The van der Waals surface area contributed by atoms with E-state index in [-0.39, 0.29) is 43.9 Å².